The van der Waals surface area contributed by atoms with Gasteiger partial charge in [-0.15, -0.1) is 0 Å². The van der Waals surface area contributed by atoms with E-state index in [-0.39, 0.29) is 11.9 Å². The van der Waals surface area contributed by atoms with E-state index >= 15 is 0 Å². The predicted octanol–water partition coefficient (Wildman–Crippen LogP) is 0.656. The van der Waals surface area contributed by atoms with Gasteiger partial charge in [0.15, 0.2) is 0 Å². The van der Waals surface area contributed by atoms with Crippen molar-refractivity contribution in [3.8, 4) is 0 Å². The third-order valence-corrected chi connectivity index (χ3v) is 4.78. The van der Waals surface area contributed by atoms with Gasteiger partial charge in [-0.3, -0.25) is 10.1 Å². The molecule has 3 aliphatic heterocycles. The topological polar surface area (TPSA) is 81.8 Å². The molecule has 0 aromatic rings. The highest BCUT2D eigenvalue weighted by Crippen LogP contribution is 2.26. The molecule has 0 aromatic carbocycles. The molecule has 3 saturated heterocycles. The van der Waals surface area contributed by atoms with Crippen molar-refractivity contribution in [3.05, 3.63) is 0 Å². The number of carbonyl (C=O) groups excluding carboxylic acids is 3. The van der Waals surface area contributed by atoms with E-state index in [9.17, 15) is 14.4 Å². The molecule has 21 heavy (non-hydrogen) atoms. The molecule has 0 saturated carbocycles. The Hall–Kier alpha value is -1.79. The van der Waals surface area contributed by atoms with Crippen molar-refractivity contribution in [3.63, 3.8) is 0 Å². The van der Waals surface area contributed by atoms with Crippen molar-refractivity contribution in [2.45, 2.75) is 44.1 Å². The minimum absolute atomic E-state index is 0.0801. The summed E-state index contributed by atoms with van der Waals surface area (Å²) in [6.45, 7) is 2.70. The summed E-state index contributed by atoms with van der Waals surface area (Å²) in [5.41, 5.74) is -0.799. The Kier molecular flexibility index (Phi) is 3.73. The first-order valence-electron chi connectivity index (χ1n) is 7.78. The molecule has 1 spiro atoms. The number of rotatable bonds is 0. The zero-order chi connectivity index (χ0) is 14.9. The molecule has 0 aliphatic carbocycles. The van der Waals surface area contributed by atoms with Gasteiger partial charge in [0.05, 0.1) is 0 Å². The lowest BCUT2D eigenvalue weighted by atomic mass is 9.88. The van der Waals surface area contributed by atoms with Crippen molar-refractivity contribution in [1.82, 2.24) is 20.4 Å². The SMILES string of the molecule is O=C1NC(=O)C2(CCN(C(=O)N3CCCCCC3)CC2)N1. The Morgan fingerprint density at radius 3 is 2.00 bits per heavy atom. The van der Waals surface area contributed by atoms with Crippen LogP contribution in [-0.2, 0) is 4.79 Å². The third-order valence-electron chi connectivity index (χ3n) is 4.78. The fourth-order valence-electron chi connectivity index (χ4n) is 3.42. The molecule has 0 atom stereocenters. The van der Waals surface area contributed by atoms with E-state index < -0.39 is 11.6 Å². The first-order valence-corrected chi connectivity index (χ1v) is 7.78. The number of imide groups is 1. The highest BCUT2D eigenvalue weighted by Gasteiger charge is 2.48. The molecule has 5 amide bonds. The smallest absolute Gasteiger partial charge is 0.322 e. The van der Waals surface area contributed by atoms with E-state index in [0.717, 1.165) is 25.9 Å². The van der Waals surface area contributed by atoms with Crippen LogP contribution < -0.4 is 10.6 Å². The lowest BCUT2D eigenvalue weighted by Crippen LogP contribution is -2.57. The quantitative estimate of drug-likeness (QED) is 0.644. The van der Waals surface area contributed by atoms with Crippen LogP contribution in [0.2, 0.25) is 0 Å². The molecule has 3 fully saturated rings. The van der Waals surface area contributed by atoms with Crippen LogP contribution in [0.4, 0.5) is 9.59 Å². The lowest BCUT2D eigenvalue weighted by Gasteiger charge is -2.39. The Balaban J connectivity index is 1.59. The molecule has 3 heterocycles. The number of nitrogens with zero attached hydrogens (tertiary/aromatic N) is 2. The van der Waals surface area contributed by atoms with Crippen LogP contribution in [0.3, 0.4) is 0 Å². The third kappa shape index (κ3) is 2.69. The van der Waals surface area contributed by atoms with Crippen molar-refractivity contribution >= 4 is 18.0 Å². The molecular formula is C14H22N4O3. The second-order valence-electron chi connectivity index (χ2n) is 6.16. The second kappa shape index (κ2) is 5.54. The number of urea groups is 2. The summed E-state index contributed by atoms with van der Waals surface area (Å²) < 4.78 is 0. The Bertz CT molecular complexity index is 449. The number of hydrogen-bond acceptors (Lipinski definition) is 3. The minimum atomic E-state index is -0.799. The second-order valence-corrected chi connectivity index (χ2v) is 6.16. The highest BCUT2D eigenvalue weighted by molar-refractivity contribution is 6.07. The van der Waals surface area contributed by atoms with E-state index in [2.05, 4.69) is 10.6 Å². The largest absolute Gasteiger partial charge is 0.325 e. The van der Waals surface area contributed by atoms with Gasteiger partial charge in [0.2, 0.25) is 0 Å². The van der Waals surface area contributed by atoms with Gasteiger partial charge in [0, 0.05) is 26.2 Å². The summed E-state index contributed by atoms with van der Waals surface area (Å²) in [4.78, 5) is 39.4. The summed E-state index contributed by atoms with van der Waals surface area (Å²) in [6.07, 6.45) is 5.51. The molecular weight excluding hydrogens is 272 g/mol. The zero-order valence-corrected chi connectivity index (χ0v) is 12.2. The average molecular weight is 294 g/mol. The Morgan fingerprint density at radius 2 is 1.48 bits per heavy atom. The summed E-state index contributed by atoms with van der Waals surface area (Å²) >= 11 is 0. The molecule has 0 bridgehead atoms. The van der Waals surface area contributed by atoms with E-state index in [1.165, 1.54) is 12.8 Å². The molecule has 0 aromatic heterocycles. The molecule has 0 radical (unpaired) electrons. The van der Waals surface area contributed by atoms with Gasteiger partial charge >= 0.3 is 12.1 Å². The van der Waals surface area contributed by atoms with Gasteiger partial charge in [-0.1, -0.05) is 12.8 Å². The molecule has 7 nitrogen and oxygen atoms in total. The van der Waals surface area contributed by atoms with Crippen LogP contribution in [0.15, 0.2) is 0 Å². The number of amides is 5. The van der Waals surface area contributed by atoms with Gasteiger partial charge in [0.25, 0.3) is 5.91 Å². The predicted molar refractivity (Wildman–Crippen MR) is 75.6 cm³/mol. The van der Waals surface area contributed by atoms with Crippen LogP contribution in [0, 0.1) is 0 Å². The van der Waals surface area contributed by atoms with E-state index in [1.807, 2.05) is 9.80 Å². The molecule has 0 unspecified atom stereocenters. The molecule has 3 rings (SSSR count). The molecule has 116 valence electrons. The van der Waals surface area contributed by atoms with Crippen molar-refractivity contribution in [1.29, 1.82) is 0 Å². The van der Waals surface area contributed by atoms with Crippen LogP contribution in [0.5, 0.6) is 0 Å². The number of hydrogen-bond donors (Lipinski definition) is 2. The zero-order valence-electron chi connectivity index (χ0n) is 12.2. The maximum atomic E-state index is 12.5. The first-order chi connectivity index (χ1) is 10.1. The standard InChI is InChI=1S/C14H22N4O3/c19-11-14(16-12(20)15-11)5-9-18(10-6-14)13(21)17-7-3-1-2-4-8-17/h1-10H2,(H2,15,16,19,20). The maximum absolute atomic E-state index is 12.5. The number of piperidine rings is 1. The van der Waals surface area contributed by atoms with Crippen LogP contribution in [0.25, 0.3) is 0 Å². The lowest BCUT2D eigenvalue weighted by molar-refractivity contribution is -0.125. The van der Waals surface area contributed by atoms with Gasteiger partial charge in [-0.25, -0.2) is 9.59 Å². The summed E-state index contributed by atoms with van der Waals surface area (Å²) in [5.74, 6) is -0.255. The maximum Gasteiger partial charge on any atom is 0.322 e. The average Bonchev–Trinajstić information content (AvgIpc) is 2.68. The van der Waals surface area contributed by atoms with Crippen molar-refractivity contribution in [2.75, 3.05) is 26.2 Å². The highest BCUT2D eigenvalue weighted by atomic mass is 16.2. The number of likely N-dealkylation sites (tertiary alicyclic amines) is 2. The van der Waals surface area contributed by atoms with Crippen LogP contribution in [-0.4, -0.2) is 59.5 Å². The van der Waals surface area contributed by atoms with Crippen LogP contribution >= 0.6 is 0 Å². The van der Waals surface area contributed by atoms with Gasteiger partial charge < -0.3 is 15.1 Å². The Labute approximate surface area is 124 Å². The monoisotopic (exact) mass is 294 g/mol. The fourth-order valence-corrected chi connectivity index (χ4v) is 3.42. The van der Waals surface area contributed by atoms with Gasteiger partial charge in [-0.05, 0) is 25.7 Å². The van der Waals surface area contributed by atoms with Crippen LogP contribution in [0.1, 0.15) is 38.5 Å². The Morgan fingerprint density at radius 1 is 0.905 bits per heavy atom. The number of nitrogens with one attached hydrogen (secondary N) is 2. The van der Waals surface area contributed by atoms with E-state index in [1.54, 1.807) is 0 Å². The molecule has 7 heteroatoms. The summed E-state index contributed by atoms with van der Waals surface area (Å²) in [5, 5.41) is 5.01. The van der Waals surface area contributed by atoms with Crippen molar-refractivity contribution in [2.24, 2.45) is 0 Å². The van der Waals surface area contributed by atoms with E-state index in [4.69, 9.17) is 0 Å². The fraction of sp³-hybridized carbons (Fsp3) is 0.786. The summed E-state index contributed by atoms with van der Waals surface area (Å²) in [7, 11) is 0. The minimum Gasteiger partial charge on any atom is -0.325 e. The molecule has 2 N–H and O–H groups in total. The van der Waals surface area contributed by atoms with Crippen molar-refractivity contribution < 1.29 is 14.4 Å². The van der Waals surface area contributed by atoms with Gasteiger partial charge in [-0.2, -0.15) is 0 Å². The van der Waals surface area contributed by atoms with Gasteiger partial charge in [0.1, 0.15) is 5.54 Å². The molecule has 3 aliphatic rings. The first kappa shape index (κ1) is 14.2. The number of carbonyl (C=O) groups is 3. The normalized spacial score (nSPS) is 25.5. The summed E-state index contributed by atoms with van der Waals surface area (Å²) in [6, 6.07) is -0.344. The van der Waals surface area contributed by atoms with E-state index in [0.29, 0.717) is 25.9 Å².